The molecule has 0 fully saturated rings. The molecule has 1 heterocycles. The largest absolute Gasteiger partial charge is 0.310 e. The Bertz CT molecular complexity index is 507. The van der Waals surface area contributed by atoms with Gasteiger partial charge in [-0.15, -0.1) is 0 Å². The van der Waals surface area contributed by atoms with Crippen molar-refractivity contribution in [1.82, 2.24) is 15.1 Å². The third-order valence-corrected chi connectivity index (χ3v) is 3.36. The van der Waals surface area contributed by atoms with Crippen LogP contribution in [0.2, 0.25) is 0 Å². The smallest absolute Gasteiger partial charge is 0.0649 e. The molecule has 0 aliphatic rings. The number of benzene rings is 1. The molecule has 1 aromatic heterocycles. The highest BCUT2D eigenvalue weighted by Crippen LogP contribution is 2.20. The van der Waals surface area contributed by atoms with Crippen molar-refractivity contribution in [1.29, 1.82) is 0 Å². The van der Waals surface area contributed by atoms with Crippen LogP contribution in [0, 0.1) is 0 Å². The van der Waals surface area contributed by atoms with E-state index >= 15 is 0 Å². The van der Waals surface area contributed by atoms with Gasteiger partial charge in [-0.2, -0.15) is 5.10 Å². The van der Waals surface area contributed by atoms with Crippen molar-refractivity contribution in [3.63, 3.8) is 0 Å². The van der Waals surface area contributed by atoms with Crippen LogP contribution in [0.1, 0.15) is 31.9 Å². The highest BCUT2D eigenvalue weighted by atomic mass is 79.9. The number of rotatable bonds is 5. The lowest BCUT2D eigenvalue weighted by Gasteiger charge is -2.17. The van der Waals surface area contributed by atoms with Gasteiger partial charge in [0.25, 0.3) is 0 Å². The van der Waals surface area contributed by atoms with Gasteiger partial charge in [-0.3, -0.25) is 0 Å². The Hall–Kier alpha value is -1.13. The number of nitrogens with zero attached hydrogens (tertiary/aromatic N) is 2. The van der Waals surface area contributed by atoms with Crippen molar-refractivity contribution in [3.05, 3.63) is 46.7 Å². The van der Waals surface area contributed by atoms with Crippen LogP contribution in [0.5, 0.6) is 0 Å². The Morgan fingerprint density at radius 3 is 2.83 bits per heavy atom. The molecule has 1 atom stereocenters. The van der Waals surface area contributed by atoms with Gasteiger partial charge in [0.05, 0.1) is 16.4 Å². The normalized spacial score (nSPS) is 12.6. The molecule has 4 heteroatoms. The maximum atomic E-state index is 4.31. The molecule has 0 aliphatic carbocycles. The van der Waals surface area contributed by atoms with Gasteiger partial charge in [-0.25, -0.2) is 4.68 Å². The molecule has 3 nitrogen and oxygen atoms in total. The van der Waals surface area contributed by atoms with Crippen LogP contribution < -0.4 is 5.32 Å². The maximum absolute atomic E-state index is 4.31. The molecule has 0 amide bonds. The zero-order valence-corrected chi connectivity index (χ0v) is 12.3. The van der Waals surface area contributed by atoms with Gasteiger partial charge in [0.1, 0.15) is 0 Å². The maximum Gasteiger partial charge on any atom is 0.0649 e. The number of hydrogen-bond donors (Lipinski definition) is 1. The van der Waals surface area contributed by atoms with Crippen LogP contribution in [-0.4, -0.2) is 16.3 Å². The molecule has 0 saturated carbocycles. The van der Waals surface area contributed by atoms with E-state index in [1.807, 2.05) is 10.9 Å². The number of halogens is 1. The molecule has 96 valence electrons. The summed E-state index contributed by atoms with van der Waals surface area (Å²) in [7, 11) is 0. The van der Waals surface area contributed by atoms with Crippen molar-refractivity contribution >= 4 is 15.9 Å². The second kappa shape index (κ2) is 6.16. The Labute approximate surface area is 116 Å². The Kier molecular flexibility index (Phi) is 4.55. The van der Waals surface area contributed by atoms with E-state index in [2.05, 4.69) is 64.5 Å². The summed E-state index contributed by atoms with van der Waals surface area (Å²) in [5.41, 5.74) is 2.40. The molecule has 1 N–H and O–H groups in total. The molecule has 0 aliphatic heterocycles. The summed E-state index contributed by atoms with van der Waals surface area (Å²) in [6, 6.07) is 8.92. The first-order chi connectivity index (χ1) is 8.74. The predicted octanol–water partition coefficient (Wildman–Crippen LogP) is 3.70. The van der Waals surface area contributed by atoms with Gasteiger partial charge < -0.3 is 5.32 Å². The van der Waals surface area contributed by atoms with E-state index in [9.17, 15) is 0 Å². The molecule has 0 radical (unpaired) electrons. The Morgan fingerprint density at radius 2 is 2.22 bits per heavy atom. The lowest BCUT2D eigenvalue weighted by Crippen LogP contribution is -2.20. The molecule has 18 heavy (non-hydrogen) atoms. The van der Waals surface area contributed by atoms with Gasteiger partial charge in [0.15, 0.2) is 0 Å². The van der Waals surface area contributed by atoms with Crippen LogP contribution in [0.25, 0.3) is 5.69 Å². The molecular weight excluding hydrogens is 290 g/mol. The average Bonchev–Trinajstić information content (AvgIpc) is 2.83. The fraction of sp³-hybridized carbons (Fsp3) is 0.357. The van der Waals surface area contributed by atoms with E-state index in [-0.39, 0.29) is 0 Å². The third kappa shape index (κ3) is 3.00. The summed E-state index contributed by atoms with van der Waals surface area (Å²) in [6.07, 6.45) is 4.85. The molecule has 1 unspecified atom stereocenters. The summed E-state index contributed by atoms with van der Waals surface area (Å²) >= 11 is 3.42. The van der Waals surface area contributed by atoms with Gasteiger partial charge in [0, 0.05) is 12.2 Å². The van der Waals surface area contributed by atoms with E-state index in [1.54, 1.807) is 6.20 Å². The topological polar surface area (TPSA) is 29.9 Å². The van der Waals surface area contributed by atoms with Gasteiger partial charge in [-0.1, -0.05) is 26.0 Å². The second-order valence-corrected chi connectivity index (χ2v) is 5.13. The Morgan fingerprint density at radius 1 is 1.39 bits per heavy atom. The number of hydrogen-bond acceptors (Lipinski definition) is 2. The van der Waals surface area contributed by atoms with Crippen LogP contribution in [-0.2, 0) is 0 Å². The fourth-order valence-electron chi connectivity index (χ4n) is 2.07. The average molecular weight is 308 g/mol. The van der Waals surface area contributed by atoms with Crippen molar-refractivity contribution in [2.45, 2.75) is 26.3 Å². The second-order valence-electron chi connectivity index (χ2n) is 4.22. The first-order valence-corrected chi connectivity index (χ1v) is 7.07. The molecule has 0 spiro atoms. The first-order valence-electron chi connectivity index (χ1n) is 6.28. The highest BCUT2D eigenvalue weighted by molar-refractivity contribution is 9.10. The minimum Gasteiger partial charge on any atom is -0.310 e. The molecular formula is C14H18BrN3. The third-order valence-electron chi connectivity index (χ3n) is 2.95. The zero-order chi connectivity index (χ0) is 13.0. The lowest BCUT2D eigenvalue weighted by atomic mass is 10.0. The standard InChI is InChI=1S/C14H18BrN3/c1-3-14(16-4-2)11-6-5-7-13(8-11)18-10-12(15)9-17-18/h5-10,14,16H,3-4H2,1-2H3. The molecule has 0 bridgehead atoms. The van der Waals surface area contributed by atoms with E-state index in [0.29, 0.717) is 6.04 Å². The summed E-state index contributed by atoms with van der Waals surface area (Å²) in [4.78, 5) is 0. The van der Waals surface area contributed by atoms with Gasteiger partial charge in [0.2, 0.25) is 0 Å². The highest BCUT2D eigenvalue weighted by Gasteiger charge is 2.08. The van der Waals surface area contributed by atoms with E-state index in [0.717, 1.165) is 23.1 Å². The van der Waals surface area contributed by atoms with Crippen molar-refractivity contribution in [2.24, 2.45) is 0 Å². The van der Waals surface area contributed by atoms with Crippen LogP contribution in [0.4, 0.5) is 0 Å². The minimum atomic E-state index is 0.411. The molecule has 0 saturated heterocycles. The van der Waals surface area contributed by atoms with E-state index in [4.69, 9.17) is 0 Å². The molecule has 2 rings (SSSR count). The summed E-state index contributed by atoms with van der Waals surface area (Å²) in [5, 5.41) is 7.80. The van der Waals surface area contributed by atoms with Crippen LogP contribution in [0.15, 0.2) is 41.1 Å². The fourth-order valence-corrected chi connectivity index (χ4v) is 2.36. The summed E-state index contributed by atoms with van der Waals surface area (Å²) in [6.45, 7) is 5.32. The van der Waals surface area contributed by atoms with Crippen LogP contribution in [0.3, 0.4) is 0 Å². The number of nitrogens with one attached hydrogen (secondary N) is 1. The Balaban J connectivity index is 2.29. The minimum absolute atomic E-state index is 0.411. The van der Waals surface area contributed by atoms with E-state index < -0.39 is 0 Å². The van der Waals surface area contributed by atoms with Crippen molar-refractivity contribution < 1.29 is 0 Å². The molecule has 1 aromatic carbocycles. The summed E-state index contributed by atoms with van der Waals surface area (Å²) < 4.78 is 2.87. The van der Waals surface area contributed by atoms with Crippen molar-refractivity contribution in [2.75, 3.05) is 6.54 Å². The number of aromatic nitrogens is 2. The summed E-state index contributed by atoms with van der Waals surface area (Å²) in [5.74, 6) is 0. The van der Waals surface area contributed by atoms with E-state index in [1.165, 1.54) is 5.56 Å². The zero-order valence-electron chi connectivity index (χ0n) is 10.7. The van der Waals surface area contributed by atoms with Gasteiger partial charge in [-0.05, 0) is 46.6 Å². The van der Waals surface area contributed by atoms with Crippen molar-refractivity contribution in [3.8, 4) is 5.69 Å². The molecule has 2 aromatic rings. The predicted molar refractivity (Wildman–Crippen MR) is 78.0 cm³/mol. The van der Waals surface area contributed by atoms with Gasteiger partial charge >= 0.3 is 0 Å². The lowest BCUT2D eigenvalue weighted by molar-refractivity contribution is 0.537. The SMILES string of the molecule is CCNC(CC)c1cccc(-n2cc(Br)cn2)c1. The van der Waals surface area contributed by atoms with Crippen LogP contribution >= 0.6 is 15.9 Å². The quantitative estimate of drug-likeness (QED) is 0.913. The monoisotopic (exact) mass is 307 g/mol. The first kappa shape index (κ1) is 13.3.